The van der Waals surface area contributed by atoms with Crippen LogP contribution in [0, 0.1) is 6.92 Å². The molecule has 0 saturated carbocycles. The Hall–Kier alpha value is -3.73. The molecule has 0 aliphatic rings. The maximum atomic E-state index is 13.1. The Bertz CT molecular complexity index is 1200. The number of fused-ring (bicyclic) bond motifs is 1. The lowest BCUT2D eigenvalue weighted by Crippen LogP contribution is -2.23. The van der Waals surface area contributed by atoms with E-state index < -0.39 is 0 Å². The molecule has 1 heterocycles. The number of aromatic hydroxyl groups is 1. The van der Waals surface area contributed by atoms with Gasteiger partial charge in [-0.3, -0.25) is 4.79 Å². The van der Waals surface area contributed by atoms with Crippen LogP contribution in [0.5, 0.6) is 11.5 Å². The summed E-state index contributed by atoms with van der Waals surface area (Å²) in [4.78, 5) is 13.1. The van der Waals surface area contributed by atoms with Gasteiger partial charge in [-0.2, -0.15) is 0 Å². The molecule has 0 saturated heterocycles. The lowest BCUT2D eigenvalue weighted by atomic mass is 10.1. The number of nitrogens with one attached hydrogen (secondary N) is 1. The normalized spacial score (nSPS) is 10.9. The molecule has 4 rings (SSSR count). The van der Waals surface area contributed by atoms with Crippen molar-refractivity contribution >= 4 is 16.8 Å². The molecule has 0 aliphatic carbocycles. The summed E-state index contributed by atoms with van der Waals surface area (Å²) in [6.45, 7) is 2.98. The Balaban J connectivity index is 1.68. The second-order valence-electron chi connectivity index (χ2n) is 7.27. The average molecular weight is 400 g/mol. The first-order valence-electron chi connectivity index (χ1n) is 9.83. The van der Waals surface area contributed by atoms with Crippen molar-refractivity contribution in [2.24, 2.45) is 0 Å². The molecular weight excluding hydrogens is 376 g/mol. The summed E-state index contributed by atoms with van der Waals surface area (Å²) in [5.74, 6) is 0.723. The molecule has 0 unspecified atom stereocenters. The summed E-state index contributed by atoms with van der Waals surface area (Å²) in [5, 5.41) is 13.8. The van der Waals surface area contributed by atoms with Gasteiger partial charge in [0.1, 0.15) is 11.5 Å². The molecule has 152 valence electrons. The molecule has 3 aromatic carbocycles. The van der Waals surface area contributed by atoms with E-state index in [2.05, 4.69) is 22.0 Å². The van der Waals surface area contributed by atoms with Gasteiger partial charge in [-0.1, -0.05) is 42.5 Å². The third-order valence-corrected chi connectivity index (χ3v) is 5.30. The molecule has 1 amide bonds. The Morgan fingerprint density at radius 2 is 1.77 bits per heavy atom. The summed E-state index contributed by atoms with van der Waals surface area (Å²) < 4.78 is 7.37. The maximum absolute atomic E-state index is 13.1. The molecule has 0 fully saturated rings. The summed E-state index contributed by atoms with van der Waals surface area (Å²) >= 11 is 0. The Kier molecular flexibility index (Phi) is 5.44. The van der Waals surface area contributed by atoms with Crippen molar-refractivity contribution in [3.05, 3.63) is 95.2 Å². The number of rotatable bonds is 6. The standard InChI is InChI=1S/C25H24N2O3/c1-17-24(25(29)26-15-19-9-6-10-21(13-19)30-2)22-14-20(28)11-12-23(22)27(17)16-18-7-4-3-5-8-18/h3-14,28H,15-16H2,1-2H3,(H,26,29). The van der Waals surface area contributed by atoms with Crippen LogP contribution in [0.3, 0.4) is 0 Å². The van der Waals surface area contributed by atoms with Crippen molar-refractivity contribution in [2.75, 3.05) is 7.11 Å². The molecular formula is C25H24N2O3. The third kappa shape index (κ3) is 3.87. The van der Waals surface area contributed by atoms with E-state index in [1.807, 2.05) is 55.5 Å². The Labute approximate surface area is 175 Å². The van der Waals surface area contributed by atoms with E-state index in [-0.39, 0.29) is 11.7 Å². The van der Waals surface area contributed by atoms with E-state index in [9.17, 15) is 9.90 Å². The van der Waals surface area contributed by atoms with Crippen LogP contribution < -0.4 is 10.1 Å². The molecule has 0 radical (unpaired) electrons. The van der Waals surface area contributed by atoms with Gasteiger partial charge in [0.05, 0.1) is 12.7 Å². The van der Waals surface area contributed by atoms with Crippen LogP contribution in [0.15, 0.2) is 72.8 Å². The van der Waals surface area contributed by atoms with E-state index >= 15 is 0 Å². The quantitative estimate of drug-likeness (QED) is 0.496. The van der Waals surface area contributed by atoms with E-state index in [0.717, 1.165) is 33.5 Å². The Morgan fingerprint density at radius 1 is 1.00 bits per heavy atom. The van der Waals surface area contributed by atoms with Crippen molar-refractivity contribution in [2.45, 2.75) is 20.0 Å². The zero-order valence-corrected chi connectivity index (χ0v) is 17.1. The Morgan fingerprint density at radius 3 is 2.53 bits per heavy atom. The molecule has 1 aromatic heterocycles. The van der Waals surface area contributed by atoms with E-state index in [0.29, 0.717) is 18.7 Å². The number of amides is 1. The van der Waals surface area contributed by atoms with Crippen molar-refractivity contribution in [3.63, 3.8) is 0 Å². The van der Waals surface area contributed by atoms with Crippen molar-refractivity contribution in [3.8, 4) is 11.5 Å². The number of hydrogen-bond acceptors (Lipinski definition) is 3. The number of aromatic nitrogens is 1. The molecule has 0 bridgehead atoms. The van der Waals surface area contributed by atoms with Gasteiger partial charge >= 0.3 is 0 Å². The fourth-order valence-corrected chi connectivity index (χ4v) is 3.78. The fourth-order valence-electron chi connectivity index (χ4n) is 3.78. The van der Waals surface area contributed by atoms with Crippen LogP contribution >= 0.6 is 0 Å². The predicted molar refractivity (Wildman–Crippen MR) is 118 cm³/mol. The highest BCUT2D eigenvalue weighted by Gasteiger charge is 2.20. The molecule has 4 aromatic rings. The van der Waals surface area contributed by atoms with Gasteiger partial charge in [0, 0.05) is 29.7 Å². The highest BCUT2D eigenvalue weighted by Crippen LogP contribution is 2.30. The van der Waals surface area contributed by atoms with Crippen molar-refractivity contribution in [1.82, 2.24) is 9.88 Å². The van der Waals surface area contributed by atoms with E-state index in [4.69, 9.17) is 4.74 Å². The average Bonchev–Trinajstić information content (AvgIpc) is 3.03. The van der Waals surface area contributed by atoms with Crippen molar-refractivity contribution in [1.29, 1.82) is 0 Å². The van der Waals surface area contributed by atoms with Crippen LogP contribution in [0.1, 0.15) is 27.2 Å². The third-order valence-electron chi connectivity index (χ3n) is 5.30. The number of phenols is 1. The number of phenolic OH excluding ortho intramolecular Hbond substituents is 1. The van der Waals surface area contributed by atoms with Gasteiger partial charge in [-0.15, -0.1) is 0 Å². The van der Waals surface area contributed by atoms with Crippen LogP contribution in [0.4, 0.5) is 0 Å². The fraction of sp³-hybridized carbons (Fsp3) is 0.160. The van der Waals surface area contributed by atoms with Crippen LogP contribution in [-0.2, 0) is 13.1 Å². The van der Waals surface area contributed by atoms with Crippen molar-refractivity contribution < 1.29 is 14.6 Å². The molecule has 0 spiro atoms. The van der Waals surface area contributed by atoms with E-state index in [1.54, 1.807) is 19.2 Å². The minimum absolute atomic E-state index is 0.140. The molecule has 5 nitrogen and oxygen atoms in total. The lowest BCUT2D eigenvalue weighted by Gasteiger charge is -2.10. The monoisotopic (exact) mass is 400 g/mol. The number of nitrogens with zero attached hydrogens (tertiary/aromatic N) is 1. The van der Waals surface area contributed by atoms with Crippen LogP contribution in [0.2, 0.25) is 0 Å². The minimum atomic E-state index is -0.169. The summed E-state index contributed by atoms with van der Waals surface area (Å²) in [5.41, 5.74) is 4.47. The summed E-state index contributed by atoms with van der Waals surface area (Å²) in [6, 6.07) is 22.9. The van der Waals surface area contributed by atoms with Gasteiger partial charge in [-0.05, 0) is 48.4 Å². The number of hydrogen-bond donors (Lipinski definition) is 2. The molecule has 30 heavy (non-hydrogen) atoms. The predicted octanol–water partition coefficient (Wildman–Crippen LogP) is 4.64. The van der Waals surface area contributed by atoms with Gasteiger partial charge in [0.25, 0.3) is 5.91 Å². The first kappa shape index (κ1) is 19.6. The number of methoxy groups -OCH3 is 1. The molecule has 5 heteroatoms. The van der Waals surface area contributed by atoms with Crippen LogP contribution in [-0.4, -0.2) is 22.7 Å². The topological polar surface area (TPSA) is 63.5 Å². The van der Waals surface area contributed by atoms with Gasteiger partial charge < -0.3 is 19.7 Å². The maximum Gasteiger partial charge on any atom is 0.254 e. The molecule has 2 N–H and O–H groups in total. The highest BCUT2D eigenvalue weighted by atomic mass is 16.5. The largest absolute Gasteiger partial charge is 0.508 e. The minimum Gasteiger partial charge on any atom is -0.508 e. The van der Waals surface area contributed by atoms with Crippen LogP contribution in [0.25, 0.3) is 10.9 Å². The van der Waals surface area contributed by atoms with Gasteiger partial charge in [-0.25, -0.2) is 0 Å². The summed E-state index contributed by atoms with van der Waals surface area (Å²) in [6.07, 6.45) is 0. The number of ether oxygens (including phenoxy) is 1. The highest BCUT2D eigenvalue weighted by molar-refractivity contribution is 6.08. The van der Waals surface area contributed by atoms with E-state index in [1.165, 1.54) is 0 Å². The summed E-state index contributed by atoms with van der Waals surface area (Å²) in [7, 11) is 1.62. The molecule has 0 aliphatic heterocycles. The zero-order chi connectivity index (χ0) is 21.1. The zero-order valence-electron chi connectivity index (χ0n) is 17.1. The second-order valence-corrected chi connectivity index (χ2v) is 7.27. The number of carbonyl (C=O) groups excluding carboxylic acids is 1. The smallest absolute Gasteiger partial charge is 0.254 e. The molecule has 0 atom stereocenters. The van der Waals surface area contributed by atoms with Gasteiger partial charge in [0.15, 0.2) is 0 Å². The number of carbonyl (C=O) groups is 1. The lowest BCUT2D eigenvalue weighted by molar-refractivity contribution is 0.0951. The first-order valence-corrected chi connectivity index (χ1v) is 9.83. The first-order chi connectivity index (χ1) is 14.6. The SMILES string of the molecule is COc1cccc(CNC(=O)c2c(C)n(Cc3ccccc3)c3ccc(O)cc23)c1. The number of benzene rings is 3. The van der Waals surface area contributed by atoms with Gasteiger partial charge in [0.2, 0.25) is 0 Å². The second kappa shape index (κ2) is 8.33.